The van der Waals surface area contributed by atoms with Crippen LogP contribution in [0.3, 0.4) is 0 Å². The second-order valence-corrected chi connectivity index (χ2v) is 5.31. The van der Waals surface area contributed by atoms with Crippen LogP contribution in [0, 0.1) is 3.57 Å². The number of benzene rings is 1. The number of alkyl halides is 1. The number of furan rings is 1. The molecule has 1 heterocycles. The molecule has 2 aromatic rings. The Morgan fingerprint density at radius 1 is 1.07 bits per heavy atom. The number of hydrogen-bond donors (Lipinski definition) is 0. The predicted molar refractivity (Wildman–Crippen MR) is 73.7 cm³/mol. The Bertz CT molecular complexity index is 409. The lowest BCUT2D eigenvalue weighted by Crippen LogP contribution is -1.93. The van der Waals surface area contributed by atoms with Crippen molar-refractivity contribution in [2.24, 2.45) is 0 Å². The molecular weight excluding hydrogens is 402 g/mol. The van der Waals surface area contributed by atoms with E-state index in [2.05, 4.69) is 69.4 Å². The first-order valence-corrected chi connectivity index (χ1v) is 6.53. The lowest BCUT2D eigenvalue weighted by atomic mass is 10.1. The average Bonchev–Trinajstić information content (AvgIpc) is 2.70. The molecule has 1 aromatic carbocycles. The predicted octanol–water partition coefficient (Wildman–Crippen LogP) is 4.41. The minimum Gasteiger partial charge on any atom is -0.468 e. The van der Waals surface area contributed by atoms with Gasteiger partial charge in [0.05, 0.1) is 10.2 Å². The van der Waals surface area contributed by atoms with Crippen molar-refractivity contribution in [1.82, 2.24) is 0 Å². The van der Waals surface area contributed by atoms with Crippen molar-refractivity contribution in [2.75, 3.05) is 0 Å². The van der Waals surface area contributed by atoms with Crippen molar-refractivity contribution in [3.63, 3.8) is 0 Å². The van der Waals surface area contributed by atoms with E-state index in [4.69, 9.17) is 4.42 Å². The molecule has 0 saturated carbocycles. The van der Waals surface area contributed by atoms with E-state index in [0.717, 1.165) is 5.76 Å². The van der Waals surface area contributed by atoms with Gasteiger partial charge in [0.1, 0.15) is 5.76 Å². The topological polar surface area (TPSA) is 13.1 Å². The fourth-order valence-electron chi connectivity index (χ4n) is 1.27. The smallest absolute Gasteiger partial charge is 0.121 e. The third-order valence-electron chi connectivity index (χ3n) is 1.97. The molecule has 0 fully saturated rings. The largest absolute Gasteiger partial charge is 0.468 e. The summed E-state index contributed by atoms with van der Waals surface area (Å²) in [5, 5.41) is 0. The Morgan fingerprint density at radius 2 is 1.86 bits per heavy atom. The molecule has 72 valence electrons. The summed E-state index contributed by atoms with van der Waals surface area (Å²) in [6, 6.07) is 12.3. The quantitative estimate of drug-likeness (QED) is 0.529. The maximum atomic E-state index is 5.39. The standard InChI is InChI=1S/C11H8I2O/c12-9-5-2-1-4-8(9)11(13)10-6-3-7-14-10/h1-7,11H. The zero-order valence-corrected chi connectivity index (χ0v) is 11.6. The Balaban J connectivity index is 2.37. The molecule has 0 spiro atoms. The fourth-order valence-corrected chi connectivity index (χ4v) is 3.46. The summed E-state index contributed by atoms with van der Waals surface area (Å²) in [7, 11) is 0. The zero-order chi connectivity index (χ0) is 9.97. The molecule has 1 unspecified atom stereocenters. The van der Waals surface area contributed by atoms with Gasteiger partial charge in [0, 0.05) is 3.57 Å². The summed E-state index contributed by atoms with van der Waals surface area (Å²) < 4.78 is 6.97. The zero-order valence-electron chi connectivity index (χ0n) is 7.28. The van der Waals surface area contributed by atoms with Crippen LogP contribution in [0.4, 0.5) is 0 Å². The molecule has 0 N–H and O–H groups in total. The van der Waals surface area contributed by atoms with E-state index in [-0.39, 0.29) is 0 Å². The summed E-state index contributed by atoms with van der Waals surface area (Å²) in [6.07, 6.45) is 1.72. The van der Waals surface area contributed by atoms with E-state index in [1.165, 1.54) is 9.13 Å². The first kappa shape index (κ1) is 10.5. The monoisotopic (exact) mass is 410 g/mol. The van der Waals surface area contributed by atoms with E-state index >= 15 is 0 Å². The third kappa shape index (κ3) is 2.13. The molecule has 0 bridgehead atoms. The Morgan fingerprint density at radius 3 is 2.50 bits per heavy atom. The van der Waals surface area contributed by atoms with Crippen LogP contribution in [-0.2, 0) is 0 Å². The van der Waals surface area contributed by atoms with Gasteiger partial charge in [0.25, 0.3) is 0 Å². The molecule has 1 aromatic heterocycles. The Hall–Kier alpha value is -0.0400. The Kier molecular flexibility index (Phi) is 3.48. The van der Waals surface area contributed by atoms with Gasteiger partial charge in [-0.3, -0.25) is 0 Å². The highest BCUT2D eigenvalue weighted by Gasteiger charge is 2.14. The van der Waals surface area contributed by atoms with E-state index in [0.29, 0.717) is 3.92 Å². The highest BCUT2D eigenvalue weighted by Crippen LogP contribution is 2.33. The average molecular weight is 410 g/mol. The lowest BCUT2D eigenvalue weighted by molar-refractivity contribution is 0.521. The van der Waals surface area contributed by atoms with Crippen LogP contribution in [0.5, 0.6) is 0 Å². The molecular formula is C11H8I2O. The summed E-state index contributed by atoms with van der Waals surface area (Å²) in [6.45, 7) is 0. The maximum Gasteiger partial charge on any atom is 0.121 e. The molecule has 2 rings (SSSR count). The summed E-state index contributed by atoms with van der Waals surface area (Å²) in [5.74, 6) is 1.01. The van der Waals surface area contributed by atoms with Crippen LogP contribution < -0.4 is 0 Å². The molecule has 0 aliphatic heterocycles. The summed E-state index contributed by atoms with van der Waals surface area (Å²) in [4.78, 5) is 0. The minimum atomic E-state index is 0.302. The molecule has 0 radical (unpaired) electrons. The van der Waals surface area contributed by atoms with E-state index in [1.807, 2.05) is 12.1 Å². The van der Waals surface area contributed by atoms with Gasteiger partial charge in [0.15, 0.2) is 0 Å². The van der Waals surface area contributed by atoms with Gasteiger partial charge in [-0.15, -0.1) is 0 Å². The SMILES string of the molecule is Ic1ccccc1C(I)c1ccco1. The van der Waals surface area contributed by atoms with Gasteiger partial charge < -0.3 is 4.42 Å². The highest BCUT2D eigenvalue weighted by atomic mass is 127. The van der Waals surface area contributed by atoms with Crippen LogP contribution in [0.2, 0.25) is 0 Å². The third-order valence-corrected chi connectivity index (χ3v) is 4.24. The number of rotatable bonds is 2. The molecule has 0 aliphatic carbocycles. The van der Waals surface area contributed by atoms with Crippen LogP contribution in [0.25, 0.3) is 0 Å². The summed E-state index contributed by atoms with van der Waals surface area (Å²) >= 11 is 4.75. The number of halogens is 2. The van der Waals surface area contributed by atoms with Crippen LogP contribution in [0.1, 0.15) is 15.2 Å². The van der Waals surface area contributed by atoms with Crippen LogP contribution in [0.15, 0.2) is 47.1 Å². The first-order valence-electron chi connectivity index (χ1n) is 4.21. The van der Waals surface area contributed by atoms with Crippen molar-refractivity contribution < 1.29 is 4.42 Å². The second-order valence-electron chi connectivity index (χ2n) is 2.90. The first-order chi connectivity index (χ1) is 6.79. The molecule has 3 heteroatoms. The van der Waals surface area contributed by atoms with E-state index in [1.54, 1.807) is 6.26 Å². The normalized spacial score (nSPS) is 12.7. The molecule has 14 heavy (non-hydrogen) atoms. The molecule has 0 saturated heterocycles. The Labute approximate surface area is 110 Å². The fraction of sp³-hybridized carbons (Fsp3) is 0.0909. The van der Waals surface area contributed by atoms with Gasteiger partial charge in [-0.2, -0.15) is 0 Å². The second kappa shape index (κ2) is 4.65. The van der Waals surface area contributed by atoms with Crippen molar-refractivity contribution >= 4 is 45.2 Å². The van der Waals surface area contributed by atoms with Gasteiger partial charge in [-0.05, 0) is 46.4 Å². The number of hydrogen-bond acceptors (Lipinski definition) is 1. The van der Waals surface area contributed by atoms with Gasteiger partial charge >= 0.3 is 0 Å². The highest BCUT2D eigenvalue weighted by molar-refractivity contribution is 14.1. The maximum absolute atomic E-state index is 5.39. The molecule has 0 aliphatic rings. The van der Waals surface area contributed by atoms with Crippen molar-refractivity contribution in [1.29, 1.82) is 0 Å². The molecule has 1 atom stereocenters. The van der Waals surface area contributed by atoms with Gasteiger partial charge in [0.2, 0.25) is 0 Å². The van der Waals surface area contributed by atoms with Gasteiger partial charge in [-0.25, -0.2) is 0 Å². The summed E-state index contributed by atoms with van der Waals surface area (Å²) in [5.41, 5.74) is 1.31. The van der Waals surface area contributed by atoms with Gasteiger partial charge in [-0.1, -0.05) is 40.8 Å². The van der Waals surface area contributed by atoms with Crippen LogP contribution >= 0.6 is 45.2 Å². The van der Waals surface area contributed by atoms with Crippen molar-refractivity contribution in [2.45, 2.75) is 3.92 Å². The van der Waals surface area contributed by atoms with Crippen LogP contribution in [-0.4, -0.2) is 0 Å². The van der Waals surface area contributed by atoms with E-state index in [9.17, 15) is 0 Å². The van der Waals surface area contributed by atoms with Crippen molar-refractivity contribution in [3.05, 3.63) is 57.6 Å². The van der Waals surface area contributed by atoms with E-state index < -0.39 is 0 Å². The molecule has 0 amide bonds. The minimum absolute atomic E-state index is 0.302. The van der Waals surface area contributed by atoms with Crippen molar-refractivity contribution in [3.8, 4) is 0 Å². The molecule has 1 nitrogen and oxygen atoms in total. The lowest BCUT2D eigenvalue weighted by Gasteiger charge is -2.08.